The number of aliphatic hydroxyl groups is 1. The Kier molecular flexibility index (Phi) is 6.45. The van der Waals surface area contributed by atoms with E-state index in [0.717, 1.165) is 5.56 Å². The highest BCUT2D eigenvalue weighted by Gasteiger charge is 2.34. The molecule has 1 unspecified atom stereocenters. The minimum atomic E-state index is -1.37. The largest absolute Gasteiger partial charge is 0.497 e. The zero-order valence-corrected chi connectivity index (χ0v) is 16.8. The fraction of sp³-hybridized carbons (Fsp3) is 0.200. The third-order valence-corrected chi connectivity index (χ3v) is 5.95. The summed E-state index contributed by atoms with van der Waals surface area (Å²) in [6.45, 7) is 0.120. The maximum atomic E-state index is 12.2. The van der Waals surface area contributed by atoms with Crippen LogP contribution in [0.15, 0.2) is 58.6 Å². The number of hydrogen-bond acceptors (Lipinski definition) is 6. The normalized spacial score (nSPS) is 12.8. The van der Waals surface area contributed by atoms with Gasteiger partial charge in [0.1, 0.15) is 11.4 Å². The summed E-state index contributed by atoms with van der Waals surface area (Å²) in [5, 5.41) is 21.8. The lowest BCUT2D eigenvalue weighted by Gasteiger charge is -2.26. The molecular formula is C20H20N2O4S2. The number of amides is 2. The van der Waals surface area contributed by atoms with E-state index in [2.05, 4.69) is 10.6 Å². The highest BCUT2D eigenvalue weighted by Crippen LogP contribution is 2.33. The Labute approximate surface area is 170 Å². The van der Waals surface area contributed by atoms with E-state index in [0.29, 0.717) is 16.2 Å². The number of carbonyl (C=O) groups excluding carboxylic acids is 2. The van der Waals surface area contributed by atoms with Crippen molar-refractivity contribution in [3.05, 3.63) is 74.6 Å². The van der Waals surface area contributed by atoms with Crippen LogP contribution in [0.3, 0.4) is 0 Å². The molecule has 0 bridgehead atoms. The van der Waals surface area contributed by atoms with Crippen molar-refractivity contribution in [1.82, 2.24) is 10.6 Å². The van der Waals surface area contributed by atoms with Crippen molar-refractivity contribution in [3.8, 4) is 5.75 Å². The molecule has 1 aromatic carbocycles. The molecule has 3 rings (SSSR count). The van der Waals surface area contributed by atoms with E-state index in [1.165, 1.54) is 22.7 Å². The maximum Gasteiger partial charge on any atom is 0.309 e. The molecule has 0 radical (unpaired) electrons. The van der Waals surface area contributed by atoms with Crippen LogP contribution in [0, 0.1) is 0 Å². The summed E-state index contributed by atoms with van der Waals surface area (Å²) >= 11 is 2.85. The van der Waals surface area contributed by atoms with E-state index in [1.54, 1.807) is 31.4 Å². The lowest BCUT2D eigenvalue weighted by molar-refractivity contribution is -0.139. The number of carbonyl (C=O) groups is 2. The average molecular weight is 417 g/mol. The maximum absolute atomic E-state index is 12.2. The predicted octanol–water partition coefficient (Wildman–Crippen LogP) is 2.49. The van der Waals surface area contributed by atoms with Gasteiger partial charge in [0, 0.05) is 17.0 Å². The van der Waals surface area contributed by atoms with Gasteiger partial charge in [-0.3, -0.25) is 9.59 Å². The predicted molar refractivity (Wildman–Crippen MR) is 109 cm³/mol. The number of rotatable bonds is 7. The molecule has 146 valence electrons. The molecule has 0 aliphatic rings. The summed E-state index contributed by atoms with van der Waals surface area (Å²) in [5.41, 5.74) is 0.148. The van der Waals surface area contributed by atoms with Crippen LogP contribution in [0.25, 0.3) is 0 Å². The summed E-state index contributed by atoms with van der Waals surface area (Å²) in [6.07, 6.45) is 0. The molecule has 3 N–H and O–H groups in total. The Hall–Kier alpha value is -2.68. The van der Waals surface area contributed by atoms with E-state index in [-0.39, 0.29) is 13.1 Å². The van der Waals surface area contributed by atoms with Crippen molar-refractivity contribution in [2.45, 2.75) is 12.1 Å². The standard InChI is InChI=1S/C20H20N2O4S2/c1-26-16-6-4-14(5-7-16)11-21-18(23)19(24)22-13-20(25,15-8-10-27-12-15)17-3-2-9-28-17/h2-10,12,25H,11,13H2,1H3,(H,21,23)(H,22,24). The van der Waals surface area contributed by atoms with Gasteiger partial charge in [0.2, 0.25) is 0 Å². The van der Waals surface area contributed by atoms with Gasteiger partial charge in [-0.25, -0.2) is 0 Å². The van der Waals surface area contributed by atoms with Gasteiger partial charge in [0.15, 0.2) is 0 Å². The van der Waals surface area contributed by atoms with Gasteiger partial charge in [0.05, 0.1) is 13.7 Å². The first-order valence-corrected chi connectivity index (χ1v) is 10.3. The van der Waals surface area contributed by atoms with Crippen LogP contribution < -0.4 is 15.4 Å². The molecule has 0 fully saturated rings. The SMILES string of the molecule is COc1ccc(CNC(=O)C(=O)NCC(O)(c2ccsc2)c2cccs2)cc1. The topological polar surface area (TPSA) is 87.7 Å². The van der Waals surface area contributed by atoms with Gasteiger partial charge >= 0.3 is 11.8 Å². The molecule has 0 aliphatic carbocycles. The van der Waals surface area contributed by atoms with Crippen LogP contribution in [-0.4, -0.2) is 30.6 Å². The molecule has 2 amide bonds. The van der Waals surface area contributed by atoms with E-state index in [9.17, 15) is 14.7 Å². The fourth-order valence-electron chi connectivity index (χ4n) is 2.64. The lowest BCUT2D eigenvalue weighted by Crippen LogP contribution is -2.46. The Morgan fingerprint density at radius 1 is 1.07 bits per heavy atom. The third-order valence-electron chi connectivity index (χ3n) is 4.25. The third kappa shape index (κ3) is 4.59. The first-order chi connectivity index (χ1) is 13.5. The summed E-state index contributed by atoms with van der Waals surface area (Å²) in [6, 6.07) is 12.6. The second kappa shape index (κ2) is 9.01. The van der Waals surface area contributed by atoms with Crippen molar-refractivity contribution >= 4 is 34.5 Å². The summed E-state index contributed by atoms with van der Waals surface area (Å²) in [5.74, 6) is -0.831. The highest BCUT2D eigenvalue weighted by atomic mass is 32.1. The number of benzene rings is 1. The lowest BCUT2D eigenvalue weighted by atomic mass is 9.94. The minimum Gasteiger partial charge on any atom is -0.497 e. The van der Waals surface area contributed by atoms with Crippen molar-refractivity contribution < 1.29 is 19.4 Å². The zero-order valence-electron chi connectivity index (χ0n) is 15.2. The van der Waals surface area contributed by atoms with E-state index >= 15 is 0 Å². The average Bonchev–Trinajstić information content (AvgIpc) is 3.45. The fourth-order valence-corrected chi connectivity index (χ4v) is 4.21. The van der Waals surface area contributed by atoms with Gasteiger partial charge in [-0.05, 0) is 46.0 Å². The Balaban J connectivity index is 1.59. The molecule has 0 saturated heterocycles. The van der Waals surface area contributed by atoms with Crippen LogP contribution in [0.2, 0.25) is 0 Å². The number of thiophene rings is 2. The monoisotopic (exact) mass is 416 g/mol. The molecule has 0 aliphatic heterocycles. The molecule has 2 aromatic heterocycles. The summed E-state index contributed by atoms with van der Waals surface area (Å²) < 4.78 is 5.08. The smallest absolute Gasteiger partial charge is 0.309 e. The van der Waals surface area contributed by atoms with Gasteiger partial charge in [0.25, 0.3) is 0 Å². The van der Waals surface area contributed by atoms with Crippen LogP contribution >= 0.6 is 22.7 Å². The molecule has 6 nitrogen and oxygen atoms in total. The molecule has 0 spiro atoms. The van der Waals surface area contributed by atoms with Crippen molar-refractivity contribution in [3.63, 3.8) is 0 Å². The molecule has 0 saturated carbocycles. The van der Waals surface area contributed by atoms with E-state index in [4.69, 9.17) is 4.74 Å². The number of ether oxygens (including phenoxy) is 1. The van der Waals surface area contributed by atoms with Gasteiger partial charge in [-0.15, -0.1) is 11.3 Å². The molecule has 8 heteroatoms. The molecule has 2 heterocycles. The Morgan fingerprint density at radius 3 is 2.43 bits per heavy atom. The van der Waals surface area contributed by atoms with E-state index in [1.807, 2.05) is 34.3 Å². The Morgan fingerprint density at radius 2 is 1.82 bits per heavy atom. The second-order valence-electron chi connectivity index (χ2n) is 6.06. The first-order valence-electron chi connectivity index (χ1n) is 8.51. The zero-order chi connectivity index (χ0) is 20.0. The van der Waals surface area contributed by atoms with Crippen molar-refractivity contribution in [2.24, 2.45) is 0 Å². The van der Waals surface area contributed by atoms with Gasteiger partial charge in [-0.1, -0.05) is 18.2 Å². The van der Waals surface area contributed by atoms with Crippen molar-refractivity contribution in [1.29, 1.82) is 0 Å². The highest BCUT2D eigenvalue weighted by molar-refractivity contribution is 7.10. The van der Waals surface area contributed by atoms with Crippen LogP contribution in [0.5, 0.6) is 5.75 Å². The molecule has 28 heavy (non-hydrogen) atoms. The molecular weight excluding hydrogens is 396 g/mol. The first kappa shape index (κ1) is 20.1. The van der Waals surface area contributed by atoms with Crippen LogP contribution in [0.4, 0.5) is 0 Å². The second-order valence-corrected chi connectivity index (χ2v) is 7.79. The van der Waals surface area contributed by atoms with Gasteiger partial charge in [-0.2, -0.15) is 11.3 Å². The number of methoxy groups -OCH3 is 1. The van der Waals surface area contributed by atoms with Crippen LogP contribution in [0.1, 0.15) is 16.0 Å². The van der Waals surface area contributed by atoms with E-state index < -0.39 is 17.4 Å². The number of hydrogen-bond donors (Lipinski definition) is 3. The quantitative estimate of drug-likeness (QED) is 0.517. The molecule has 1 atom stereocenters. The molecule has 3 aromatic rings. The number of nitrogens with one attached hydrogen (secondary N) is 2. The van der Waals surface area contributed by atoms with Crippen LogP contribution in [-0.2, 0) is 21.7 Å². The Bertz CT molecular complexity index is 872. The van der Waals surface area contributed by atoms with Crippen molar-refractivity contribution in [2.75, 3.05) is 13.7 Å². The summed E-state index contributed by atoms with van der Waals surface area (Å²) in [4.78, 5) is 25.0. The van der Waals surface area contributed by atoms with Gasteiger partial charge < -0.3 is 20.5 Å². The summed E-state index contributed by atoms with van der Waals surface area (Å²) in [7, 11) is 1.58. The minimum absolute atomic E-state index is 0.0982.